The fraction of sp³-hybridized carbons (Fsp3) is 0.261. The number of hydrogen-bond donors (Lipinski definition) is 0. The molecule has 0 saturated carbocycles. The highest BCUT2D eigenvalue weighted by molar-refractivity contribution is 5.79. The molecular formula is C23H23N3O4. The second kappa shape index (κ2) is 7.67. The van der Waals surface area contributed by atoms with Gasteiger partial charge < -0.3 is 13.9 Å². The highest BCUT2D eigenvalue weighted by atomic mass is 16.5. The summed E-state index contributed by atoms with van der Waals surface area (Å²) < 4.78 is 17.8. The normalized spacial score (nSPS) is 11.6. The van der Waals surface area contributed by atoms with Gasteiger partial charge in [-0.3, -0.25) is 0 Å². The van der Waals surface area contributed by atoms with Crippen LogP contribution in [0.25, 0.3) is 16.7 Å². The maximum Gasteiger partial charge on any atom is 0.362 e. The first-order valence-electron chi connectivity index (χ1n) is 9.60. The van der Waals surface area contributed by atoms with Crippen molar-refractivity contribution >= 4 is 11.0 Å². The minimum atomic E-state index is -0.508. The SMILES string of the molecule is COc1ccc2cc(-n3cc(COc4ccc(C(C)(C)C)cc4)nn3)c(=O)oc2c1. The van der Waals surface area contributed by atoms with Crippen LogP contribution in [0.4, 0.5) is 0 Å². The van der Waals surface area contributed by atoms with Gasteiger partial charge in [0.05, 0.1) is 13.3 Å². The molecule has 0 unspecified atom stereocenters. The van der Waals surface area contributed by atoms with E-state index in [2.05, 4.69) is 43.2 Å². The fourth-order valence-corrected chi connectivity index (χ4v) is 3.06. The number of methoxy groups -OCH3 is 1. The monoisotopic (exact) mass is 405 g/mol. The molecule has 0 atom stereocenters. The molecule has 154 valence electrons. The maximum absolute atomic E-state index is 12.4. The average molecular weight is 405 g/mol. The Morgan fingerprint density at radius 1 is 1.03 bits per heavy atom. The summed E-state index contributed by atoms with van der Waals surface area (Å²) >= 11 is 0. The van der Waals surface area contributed by atoms with E-state index < -0.39 is 5.63 Å². The Morgan fingerprint density at radius 3 is 2.47 bits per heavy atom. The molecule has 2 aromatic carbocycles. The lowest BCUT2D eigenvalue weighted by atomic mass is 9.87. The summed E-state index contributed by atoms with van der Waals surface area (Å²) in [5.74, 6) is 1.37. The van der Waals surface area contributed by atoms with Crippen molar-refractivity contribution in [2.24, 2.45) is 0 Å². The summed E-state index contributed by atoms with van der Waals surface area (Å²) in [4.78, 5) is 12.4. The molecule has 0 fully saturated rings. The van der Waals surface area contributed by atoms with E-state index in [0.717, 1.165) is 11.1 Å². The van der Waals surface area contributed by atoms with E-state index in [0.29, 0.717) is 17.0 Å². The highest BCUT2D eigenvalue weighted by Crippen LogP contribution is 2.25. The molecule has 7 heteroatoms. The summed E-state index contributed by atoms with van der Waals surface area (Å²) in [6, 6.07) is 15.0. The Morgan fingerprint density at radius 2 is 1.77 bits per heavy atom. The van der Waals surface area contributed by atoms with Crippen molar-refractivity contribution in [2.45, 2.75) is 32.8 Å². The Labute approximate surface area is 173 Å². The first kappa shape index (κ1) is 19.7. The number of ether oxygens (including phenoxy) is 2. The van der Waals surface area contributed by atoms with Gasteiger partial charge in [-0.1, -0.05) is 38.1 Å². The molecule has 4 aromatic rings. The minimum absolute atomic E-state index is 0.0906. The Hall–Kier alpha value is -3.61. The third kappa shape index (κ3) is 4.05. The van der Waals surface area contributed by atoms with E-state index in [9.17, 15) is 4.79 Å². The molecule has 0 saturated heterocycles. The molecule has 30 heavy (non-hydrogen) atoms. The van der Waals surface area contributed by atoms with Crippen LogP contribution in [-0.2, 0) is 12.0 Å². The van der Waals surface area contributed by atoms with Crippen LogP contribution in [0.2, 0.25) is 0 Å². The number of benzene rings is 2. The summed E-state index contributed by atoms with van der Waals surface area (Å²) in [6.45, 7) is 6.74. The zero-order chi connectivity index (χ0) is 21.3. The molecule has 0 N–H and O–H groups in total. The molecule has 0 radical (unpaired) electrons. The summed E-state index contributed by atoms with van der Waals surface area (Å²) in [5.41, 5.74) is 2.15. The van der Waals surface area contributed by atoms with Crippen LogP contribution < -0.4 is 15.1 Å². The number of aromatic nitrogens is 3. The molecule has 0 aliphatic carbocycles. The largest absolute Gasteiger partial charge is 0.497 e. The third-order valence-electron chi connectivity index (χ3n) is 4.82. The number of hydrogen-bond acceptors (Lipinski definition) is 6. The summed E-state index contributed by atoms with van der Waals surface area (Å²) in [7, 11) is 1.56. The molecular weight excluding hydrogens is 382 g/mol. The van der Waals surface area contributed by atoms with Crippen LogP contribution >= 0.6 is 0 Å². The van der Waals surface area contributed by atoms with E-state index in [1.165, 1.54) is 10.2 Å². The molecule has 0 aliphatic rings. The van der Waals surface area contributed by atoms with Gasteiger partial charge in [-0.05, 0) is 41.3 Å². The van der Waals surface area contributed by atoms with Crippen molar-refractivity contribution in [1.82, 2.24) is 15.0 Å². The van der Waals surface area contributed by atoms with Crippen molar-refractivity contribution < 1.29 is 13.9 Å². The van der Waals surface area contributed by atoms with Crippen molar-refractivity contribution in [3.63, 3.8) is 0 Å². The van der Waals surface area contributed by atoms with Crippen LogP contribution in [-0.4, -0.2) is 22.1 Å². The summed E-state index contributed by atoms with van der Waals surface area (Å²) in [5, 5.41) is 8.91. The molecule has 0 aliphatic heterocycles. The lowest BCUT2D eigenvalue weighted by Gasteiger charge is -2.19. The quantitative estimate of drug-likeness (QED) is 0.462. The second-order valence-electron chi connectivity index (χ2n) is 8.04. The summed E-state index contributed by atoms with van der Waals surface area (Å²) in [6.07, 6.45) is 1.66. The van der Waals surface area contributed by atoms with Gasteiger partial charge in [0.2, 0.25) is 0 Å². The third-order valence-corrected chi connectivity index (χ3v) is 4.82. The van der Waals surface area contributed by atoms with Crippen LogP contribution in [0.1, 0.15) is 32.0 Å². The van der Waals surface area contributed by atoms with E-state index in [4.69, 9.17) is 13.9 Å². The maximum atomic E-state index is 12.4. The lowest BCUT2D eigenvalue weighted by Crippen LogP contribution is -2.10. The van der Waals surface area contributed by atoms with Crippen LogP contribution in [0.15, 0.2) is 63.9 Å². The predicted octanol–water partition coefficient (Wildman–Crippen LogP) is 4.26. The molecule has 0 amide bonds. The zero-order valence-electron chi connectivity index (χ0n) is 17.4. The lowest BCUT2D eigenvalue weighted by molar-refractivity contribution is 0.301. The molecule has 7 nitrogen and oxygen atoms in total. The number of nitrogens with zero attached hydrogens (tertiary/aromatic N) is 3. The standard InChI is InChI=1S/C23H23N3O4/c1-23(2,3)16-6-9-18(10-7-16)29-14-17-13-26(25-24-17)20-11-15-5-8-19(28-4)12-21(15)30-22(20)27/h5-13H,14H2,1-4H3. The zero-order valence-corrected chi connectivity index (χ0v) is 17.4. The Balaban J connectivity index is 1.51. The van der Waals surface area contributed by atoms with Crippen molar-refractivity contribution in [3.05, 3.63) is 76.4 Å². The first-order valence-corrected chi connectivity index (χ1v) is 9.60. The fourth-order valence-electron chi connectivity index (χ4n) is 3.06. The molecule has 0 bridgehead atoms. The highest BCUT2D eigenvalue weighted by Gasteiger charge is 2.14. The van der Waals surface area contributed by atoms with E-state index >= 15 is 0 Å². The average Bonchev–Trinajstić information content (AvgIpc) is 3.19. The molecule has 2 aromatic heterocycles. The predicted molar refractivity (Wildman–Crippen MR) is 113 cm³/mol. The number of fused-ring (bicyclic) bond motifs is 1. The minimum Gasteiger partial charge on any atom is -0.497 e. The van der Waals surface area contributed by atoms with Gasteiger partial charge in [-0.2, -0.15) is 0 Å². The second-order valence-corrected chi connectivity index (χ2v) is 8.04. The first-order chi connectivity index (χ1) is 14.3. The topological polar surface area (TPSA) is 79.4 Å². The van der Waals surface area contributed by atoms with E-state index in [-0.39, 0.29) is 17.7 Å². The van der Waals surface area contributed by atoms with Crippen molar-refractivity contribution in [2.75, 3.05) is 7.11 Å². The van der Waals surface area contributed by atoms with Gasteiger partial charge >= 0.3 is 5.63 Å². The molecule has 2 heterocycles. The van der Waals surface area contributed by atoms with Gasteiger partial charge in [0.25, 0.3) is 0 Å². The van der Waals surface area contributed by atoms with Gasteiger partial charge in [-0.25, -0.2) is 9.48 Å². The molecule has 0 spiro atoms. The van der Waals surface area contributed by atoms with Gasteiger partial charge in [0, 0.05) is 11.5 Å². The van der Waals surface area contributed by atoms with Crippen molar-refractivity contribution in [3.8, 4) is 17.2 Å². The molecule has 4 rings (SSSR count). The van der Waals surface area contributed by atoms with Crippen LogP contribution in [0.3, 0.4) is 0 Å². The van der Waals surface area contributed by atoms with E-state index in [1.807, 2.05) is 18.2 Å². The Kier molecular flexibility index (Phi) is 5.03. The van der Waals surface area contributed by atoms with Crippen LogP contribution in [0.5, 0.6) is 11.5 Å². The Bertz CT molecular complexity index is 1230. The van der Waals surface area contributed by atoms with Crippen LogP contribution in [0, 0.1) is 0 Å². The number of rotatable bonds is 5. The van der Waals surface area contributed by atoms with E-state index in [1.54, 1.807) is 31.5 Å². The van der Waals surface area contributed by atoms with Gasteiger partial charge in [0.15, 0.2) is 5.69 Å². The van der Waals surface area contributed by atoms with Gasteiger partial charge in [0.1, 0.15) is 29.4 Å². The van der Waals surface area contributed by atoms with Crippen molar-refractivity contribution in [1.29, 1.82) is 0 Å². The smallest absolute Gasteiger partial charge is 0.362 e. The van der Waals surface area contributed by atoms with Gasteiger partial charge in [-0.15, -0.1) is 5.10 Å².